The zero-order valence-corrected chi connectivity index (χ0v) is 14.8. The molecule has 3 aromatic rings. The monoisotopic (exact) mass is 371 g/mol. The molecule has 3 rings (SSSR count). The van der Waals surface area contributed by atoms with Gasteiger partial charge in [0.05, 0.1) is 5.39 Å². The summed E-state index contributed by atoms with van der Waals surface area (Å²) in [6.07, 6.45) is 2.45. The van der Waals surface area contributed by atoms with E-state index in [4.69, 9.17) is 21.1 Å². The van der Waals surface area contributed by atoms with Crippen molar-refractivity contribution in [2.24, 2.45) is 0 Å². The van der Waals surface area contributed by atoms with Crippen LogP contribution in [0.3, 0.4) is 0 Å². The normalized spacial score (nSPS) is 10.8. The molecule has 0 saturated carbocycles. The van der Waals surface area contributed by atoms with Crippen molar-refractivity contribution in [3.05, 3.63) is 80.7 Å². The summed E-state index contributed by atoms with van der Waals surface area (Å²) in [5.74, 6) is -0.489. The molecule has 2 N–H and O–H groups in total. The lowest BCUT2D eigenvalue weighted by Gasteiger charge is -2.07. The molecule has 1 heterocycles. The molecule has 1 amide bonds. The quantitative estimate of drug-likeness (QED) is 0.696. The number of aliphatic hydroxyl groups excluding tert-OH is 1. The maximum atomic E-state index is 12.7. The van der Waals surface area contributed by atoms with Crippen molar-refractivity contribution < 1.29 is 14.3 Å². The first-order valence-electron chi connectivity index (χ1n) is 8.26. The Morgan fingerprint density at radius 3 is 2.58 bits per heavy atom. The maximum absolute atomic E-state index is 12.7. The molecule has 0 saturated heterocycles. The van der Waals surface area contributed by atoms with E-state index >= 15 is 0 Å². The third-order valence-corrected chi connectivity index (χ3v) is 4.32. The Hall–Kier alpha value is -2.63. The molecule has 0 fully saturated rings. The van der Waals surface area contributed by atoms with Crippen LogP contribution in [-0.4, -0.2) is 17.6 Å². The molecule has 0 unspecified atom stereocenters. The topological polar surface area (TPSA) is 79.5 Å². The fraction of sp³-hybridized carbons (Fsp3) is 0.200. The second-order valence-corrected chi connectivity index (χ2v) is 6.38. The Morgan fingerprint density at radius 2 is 1.85 bits per heavy atom. The van der Waals surface area contributed by atoms with Gasteiger partial charge in [-0.25, -0.2) is 0 Å². The predicted octanol–water partition coefficient (Wildman–Crippen LogP) is 3.30. The average Bonchev–Trinajstić information content (AvgIpc) is 2.66. The van der Waals surface area contributed by atoms with Crippen molar-refractivity contribution in [1.29, 1.82) is 0 Å². The molecular weight excluding hydrogens is 354 g/mol. The van der Waals surface area contributed by atoms with Crippen LogP contribution in [0.5, 0.6) is 0 Å². The van der Waals surface area contributed by atoms with Crippen molar-refractivity contribution in [2.45, 2.75) is 19.4 Å². The van der Waals surface area contributed by atoms with E-state index < -0.39 is 5.91 Å². The number of carbonyl (C=O) groups is 1. The van der Waals surface area contributed by atoms with Crippen LogP contribution < -0.4 is 10.7 Å². The number of nitrogens with one attached hydrogen (secondary N) is 1. The summed E-state index contributed by atoms with van der Waals surface area (Å²) >= 11 is 5.84. The van der Waals surface area contributed by atoms with E-state index in [1.165, 1.54) is 6.26 Å². The van der Waals surface area contributed by atoms with Crippen LogP contribution in [0.2, 0.25) is 5.02 Å². The predicted molar refractivity (Wildman–Crippen MR) is 101 cm³/mol. The Bertz CT molecular complexity index is 979. The molecule has 0 bridgehead atoms. The minimum Gasteiger partial charge on any atom is -0.463 e. The van der Waals surface area contributed by atoms with E-state index in [-0.39, 0.29) is 24.1 Å². The Morgan fingerprint density at radius 1 is 1.12 bits per heavy atom. The Labute approximate surface area is 155 Å². The van der Waals surface area contributed by atoms with Gasteiger partial charge in [-0.2, -0.15) is 0 Å². The SMILES string of the molecule is O=C(NCc1ccc(Cl)cc1)c1coc2ccc(CCCO)cc2c1=O. The number of rotatable bonds is 6. The van der Waals surface area contributed by atoms with Crippen LogP contribution in [0, 0.1) is 0 Å². The molecule has 6 heteroatoms. The van der Waals surface area contributed by atoms with Gasteiger partial charge in [-0.05, 0) is 48.2 Å². The van der Waals surface area contributed by atoms with Gasteiger partial charge in [-0.15, -0.1) is 0 Å². The highest BCUT2D eigenvalue weighted by atomic mass is 35.5. The lowest BCUT2D eigenvalue weighted by Crippen LogP contribution is -2.28. The number of aryl methyl sites for hydroxylation is 1. The second kappa shape index (κ2) is 8.17. The van der Waals surface area contributed by atoms with E-state index in [2.05, 4.69) is 5.32 Å². The van der Waals surface area contributed by atoms with Gasteiger partial charge in [-0.3, -0.25) is 9.59 Å². The summed E-state index contributed by atoms with van der Waals surface area (Å²) in [6.45, 7) is 0.365. The molecular formula is C20H18ClNO4. The minimum absolute atomic E-state index is 0.0363. The van der Waals surface area contributed by atoms with E-state index in [9.17, 15) is 9.59 Å². The zero-order valence-electron chi connectivity index (χ0n) is 14.0. The summed E-state index contributed by atoms with van der Waals surface area (Å²) in [5, 5.41) is 12.6. The molecule has 0 aliphatic carbocycles. The number of hydrogen-bond acceptors (Lipinski definition) is 4. The van der Waals surface area contributed by atoms with E-state index in [0.29, 0.717) is 28.8 Å². The lowest BCUT2D eigenvalue weighted by molar-refractivity contribution is 0.0948. The number of hydrogen-bond donors (Lipinski definition) is 2. The molecule has 2 aromatic carbocycles. The van der Waals surface area contributed by atoms with Crippen LogP contribution in [0.4, 0.5) is 0 Å². The fourth-order valence-corrected chi connectivity index (χ4v) is 2.78. The van der Waals surface area contributed by atoms with Crippen LogP contribution in [0.25, 0.3) is 11.0 Å². The largest absolute Gasteiger partial charge is 0.463 e. The smallest absolute Gasteiger partial charge is 0.258 e. The number of amides is 1. The van der Waals surface area contributed by atoms with E-state index in [1.54, 1.807) is 36.4 Å². The first-order valence-corrected chi connectivity index (χ1v) is 8.64. The zero-order chi connectivity index (χ0) is 18.5. The summed E-state index contributed by atoms with van der Waals surface area (Å²) in [7, 11) is 0. The van der Waals surface area contributed by atoms with Gasteiger partial charge in [0, 0.05) is 18.2 Å². The molecule has 0 spiro atoms. The van der Waals surface area contributed by atoms with Gasteiger partial charge in [0.1, 0.15) is 17.4 Å². The summed E-state index contributed by atoms with van der Waals surface area (Å²) in [5.41, 5.74) is 1.81. The Kier molecular flexibility index (Phi) is 5.71. The number of benzene rings is 2. The van der Waals surface area contributed by atoms with Crippen LogP contribution >= 0.6 is 11.6 Å². The minimum atomic E-state index is -0.489. The van der Waals surface area contributed by atoms with Crippen molar-refractivity contribution in [3.8, 4) is 0 Å². The first kappa shape index (κ1) is 18.2. The summed E-state index contributed by atoms with van der Waals surface area (Å²) < 4.78 is 5.44. The second-order valence-electron chi connectivity index (χ2n) is 5.95. The highest BCUT2D eigenvalue weighted by Gasteiger charge is 2.14. The summed E-state index contributed by atoms with van der Waals surface area (Å²) in [6, 6.07) is 12.4. The maximum Gasteiger partial charge on any atom is 0.258 e. The van der Waals surface area contributed by atoms with Crippen molar-refractivity contribution in [1.82, 2.24) is 5.32 Å². The Balaban J connectivity index is 1.82. The van der Waals surface area contributed by atoms with Gasteiger partial charge in [0.2, 0.25) is 5.43 Å². The molecule has 0 aliphatic heterocycles. The standard InChI is InChI=1S/C20H18ClNO4/c21-15-6-3-14(4-7-15)11-22-20(25)17-12-26-18-8-5-13(2-1-9-23)10-16(18)19(17)24/h3-8,10,12,23H,1-2,9,11H2,(H,22,25). The molecule has 0 aliphatic rings. The first-order chi connectivity index (χ1) is 12.6. The van der Waals surface area contributed by atoms with Gasteiger partial charge in [0.15, 0.2) is 0 Å². The molecule has 0 atom stereocenters. The van der Waals surface area contributed by atoms with Crippen molar-refractivity contribution >= 4 is 28.5 Å². The van der Waals surface area contributed by atoms with E-state index in [0.717, 1.165) is 11.1 Å². The van der Waals surface area contributed by atoms with Crippen LogP contribution in [0.15, 0.2) is 57.9 Å². The molecule has 134 valence electrons. The third kappa shape index (κ3) is 4.12. The number of halogens is 1. The number of aliphatic hydroxyl groups is 1. The average molecular weight is 372 g/mol. The van der Waals surface area contributed by atoms with E-state index in [1.807, 2.05) is 6.07 Å². The lowest BCUT2D eigenvalue weighted by atomic mass is 10.1. The van der Waals surface area contributed by atoms with Gasteiger partial charge in [0.25, 0.3) is 5.91 Å². The molecule has 1 aromatic heterocycles. The molecule has 5 nitrogen and oxygen atoms in total. The highest BCUT2D eigenvalue weighted by Crippen LogP contribution is 2.15. The molecule has 26 heavy (non-hydrogen) atoms. The van der Waals surface area contributed by atoms with Gasteiger partial charge < -0.3 is 14.8 Å². The number of carbonyl (C=O) groups excluding carboxylic acids is 1. The van der Waals surface area contributed by atoms with Crippen LogP contribution in [0.1, 0.15) is 27.9 Å². The summed E-state index contributed by atoms with van der Waals surface area (Å²) in [4.78, 5) is 25.0. The number of fused-ring (bicyclic) bond motifs is 1. The van der Waals surface area contributed by atoms with Crippen molar-refractivity contribution in [3.63, 3.8) is 0 Å². The van der Waals surface area contributed by atoms with Crippen molar-refractivity contribution in [2.75, 3.05) is 6.61 Å². The van der Waals surface area contributed by atoms with Gasteiger partial charge in [-0.1, -0.05) is 29.8 Å². The van der Waals surface area contributed by atoms with Gasteiger partial charge >= 0.3 is 0 Å². The molecule has 0 radical (unpaired) electrons. The fourth-order valence-electron chi connectivity index (χ4n) is 2.65. The third-order valence-electron chi connectivity index (χ3n) is 4.07. The van der Waals surface area contributed by atoms with Crippen LogP contribution in [-0.2, 0) is 13.0 Å². The highest BCUT2D eigenvalue weighted by molar-refractivity contribution is 6.30.